The molecule has 0 heterocycles. The van der Waals surface area contributed by atoms with Gasteiger partial charge in [0.1, 0.15) is 6.17 Å². The van der Waals surface area contributed by atoms with E-state index in [9.17, 15) is 4.39 Å². The van der Waals surface area contributed by atoms with E-state index in [1.807, 2.05) is 0 Å². The van der Waals surface area contributed by atoms with Gasteiger partial charge in [0.05, 0.1) is 6.61 Å². The van der Waals surface area contributed by atoms with E-state index in [0.717, 1.165) is 0 Å². The van der Waals surface area contributed by atoms with Crippen molar-refractivity contribution in [3.8, 4) is 0 Å². The van der Waals surface area contributed by atoms with Gasteiger partial charge in [0.2, 0.25) is 0 Å². The standard InChI is InChI=1S/C5H12FNO/c1-5(2,7)4(6)3-8/h4,8H,3,7H2,1-2H3. The Morgan fingerprint density at radius 3 is 2.12 bits per heavy atom. The molecule has 0 aliphatic carbocycles. The SMILES string of the molecule is CC(C)(N)C(F)CO. The second-order valence-electron chi connectivity index (χ2n) is 2.47. The third kappa shape index (κ3) is 2.23. The molecule has 0 saturated heterocycles. The highest BCUT2D eigenvalue weighted by Crippen LogP contribution is 2.06. The molecule has 0 aliphatic rings. The number of alkyl halides is 1. The predicted octanol–water partition coefficient (Wildman–Crippen LogP) is 0.0541. The van der Waals surface area contributed by atoms with Crippen LogP contribution in [0, 0.1) is 0 Å². The molecule has 0 aromatic rings. The summed E-state index contributed by atoms with van der Waals surface area (Å²) in [5, 5.41) is 8.22. The molecule has 0 aromatic heterocycles. The minimum atomic E-state index is -1.32. The summed E-state index contributed by atoms with van der Waals surface area (Å²) in [5.74, 6) is 0. The van der Waals surface area contributed by atoms with Crippen molar-refractivity contribution in [2.75, 3.05) is 6.61 Å². The molecule has 2 nitrogen and oxygen atoms in total. The molecule has 0 rings (SSSR count). The highest BCUT2D eigenvalue weighted by Gasteiger charge is 2.22. The van der Waals surface area contributed by atoms with E-state index >= 15 is 0 Å². The highest BCUT2D eigenvalue weighted by molar-refractivity contribution is 4.80. The second-order valence-corrected chi connectivity index (χ2v) is 2.47. The lowest BCUT2D eigenvalue weighted by molar-refractivity contribution is 0.122. The lowest BCUT2D eigenvalue weighted by Gasteiger charge is -2.20. The number of aliphatic hydroxyl groups is 1. The molecule has 1 unspecified atom stereocenters. The van der Waals surface area contributed by atoms with Crippen LogP contribution in [0.1, 0.15) is 13.8 Å². The summed E-state index contributed by atoms with van der Waals surface area (Å²) < 4.78 is 12.3. The van der Waals surface area contributed by atoms with Crippen LogP contribution in [0.25, 0.3) is 0 Å². The summed E-state index contributed by atoms with van der Waals surface area (Å²) in [6, 6.07) is 0. The van der Waals surface area contributed by atoms with Crippen LogP contribution in [0.3, 0.4) is 0 Å². The molecule has 0 saturated carbocycles. The third-order valence-electron chi connectivity index (χ3n) is 0.968. The first-order chi connectivity index (χ1) is 3.48. The van der Waals surface area contributed by atoms with Crippen molar-refractivity contribution < 1.29 is 9.50 Å². The van der Waals surface area contributed by atoms with Gasteiger partial charge in [0.15, 0.2) is 0 Å². The van der Waals surface area contributed by atoms with Gasteiger partial charge in [-0.15, -0.1) is 0 Å². The lowest BCUT2D eigenvalue weighted by Crippen LogP contribution is -2.44. The molecular weight excluding hydrogens is 109 g/mol. The van der Waals surface area contributed by atoms with Crippen LogP contribution < -0.4 is 5.73 Å². The molecule has 50 valence electrons. The summed E-state index contributed by atoms with van der Waals surface area (Å²) in [7, 11) is 0. The van der Waals surface area contributed by atoms with Crippen molar-refractivity contribution in [2.45, 2.75) is 25.6 Å². The number of hydrogen-bond donors (Lipinski definition) is 2. The van der Waals surface area contributed by atoms with Crippen LogP contribution in [0.4, 0.5) is 4.39 Å². The summed E-state index contributed by atoms with van der Waals surface area (Å²) >= 11 is 0. The fourth-order valence-corrected chi connectivity index (χ4v) is 0.235. The second kappa shape index (κ2) is 2.42. The van der Waals surface area contributed by atoms with Gasteiger partial charge in [-0.05, 0) is 13.8 Å². The Morgan fingerprint density at radius 1 is 1.75 bits per heavy atom. The Bertz CT molecular complexity index is 69.3. The minimum Gasteiger partial charge on any atom is -0.393 e. The maximum Gasteiger partial charge on any atom is 0.140 e. The van der Waals surface area contributed by atoms with Crippen molar-refractivity contribution in [2.24, 2.45) is 5.73 Å². The smallest absolute Gasteiger partial charge is 0.140 e. The zero-order valence-electron chi connectivity index (χ0n) is 5.19. The van der Waals surface area contributed by atoms with Crippen molar-refractivity contribution in [3.05, 3.63) is 0 Å². The Morgan fingerprint density at radius 2 is 2.12 bits per heavy atom. The number of rotatable bonds is 2. The number of hydrogen-bond acceptors (Lipinski definition) is 2. The van der Waals surface area contributed by atoms with Crippen LogP contribution in [0.2, 0.25) is 0 Å². The molecule has 8 heavy (non-hydrogen) atoms. The van der Waals surface area contributed by atoms with E-state index in [4.69, 9.17) is 10.8 Å². The Balaban J connectivity index is 3.62. The zero-order chi connectivity index (χ0) is 6.78. The Hall–Kier alpha value is -0.150. The Kier molecular flexibility index (Phi) is 2.37. The van der Waals surface area contributed by atoms with E-state index in [1.165, 1.54) is 13.8 Å². The molecule has 0 aromatic carbocycles. The van der Waals surface area contributed by atoms with Gasteiger partial charge < -0.3 is 10.8 Å². The van der Waals surface area contributed by atoms with E-state index in [-0.39, 0.29) is 0 Å². The molecule has 0 radical (unpaired) electrons. The molecule has 0 aliphatic heterocycles. The van der Waals surface area contributed by atoms with E-state index in [0.29, 0.717) is 0 Å². The van der Waals surface area contributed by atoms with E-state index < -0.39 is 18.3 Å². The van der Waals surface area contributed by atoms with Crippen molar-refractivity contribution in [1.82, 2.24) is 0 Å². The van der Waals surface area contributed by atoms with Gasteiger partial charge in [-0.25, -0.2) is 4.39 Å². The first kappa shape index (κ1) is 7.85. The van der Waals surface area contributed by atoms with E-state index in [1.54, 1.807) is 0 Å². The van der Waals surface area contributed by atoms with Crippen LogP contribution in [-0.4, -0.2) is 23.4 Å². The van der Waals surface area contributed by atoms with Crippen molar-refractivity contribution in [3.63, 3.8) is 0 Å². The van der Waals surface area contributed by atoms with Crippen LogP contribution in [-0.2, 0) is 0 Å². The largest absolute Gasteiger partial charge is 0.393 e. The lowest BCUT2D eigenvalue weighted by atomic mass is 10.0. The van der Waals surface area contributed by atoms with Gasteiger partial charge in [-0.1, -0.05) is 0 Å². The molecular formula is C5H12FNO. The maximum atomic E-state index is 12.3. The van der Waals surface area contributed by atoms with Crippen molar-refractivity contribution in [1.29, 1.82) is 0 Å². The fraction of sp³-hybridized carbons (Fsp3) is 1.00. The summed E-state index contributed by atoms with van der Waals surface area (Å²) in [6.45, 7) is 2.57. The number of halogens is 1. The molecule has 0 amide bonds. The monoisotopic (exact) mass is 121 g/mol. The van der Waals surface area contributed by atoms with Crippen LogP contribution >= 0.6 is 0 Å². The molecule has 3 heteroatoms. The van der Waals surface area contributed by atoms with Gasteiger partial charge in [-0.2, -0.15) is 0 Å². The zero-order valence-corrected chi connectivity index (χ0v) is 5.19. The number of aliphatic hydroxyl groups excluding tert-OH is 1. The predicted molar refractivity (Wildman–Crippen MR) is 30.2 cm³/mol. The first-order valence-electron chi connectivity index (χ1n) is 2.52. The van der Waals surface area contributed by atoms with Crippen molar-refractivity contribution >= 4 is 0 Å². The summed E-state index contributed by atoms with van der Waals surface area (Å²) in [6.07, 6.45) is -1.32. The summed E-state index contributed by atoms with van der Waals surface area (Å²) in [4.78, 5) is 0. The third-order valence-corrected chi connectivity index (χ3v) is 0.968. The van der Waals surface area contributed by atoms with Crippen LogP contribution in [0.5, 0.6) is 0 Å². The molecule has 1 atom stereocenters. The fourth-order valence-electron chi connectivity index (χ4n) is 0.235. The maximum absolute atomic E-state index is 12.3. The molecule has 0 bridgehead atoms. The van der Waals surface area contributed by atoms with Crippen LogP contribution in [0.15, 0.2) is 0 Å². The van der Waals surface area contributed by atoms with E-state index in [2.05, 4.69) is 0 Å². The summed E-state index contributed by atoms with van der Waals surface area (Å²) in [5.41, 5.74) is 4.35. The molecule has 3 N–H and O–H groups in total. The average Bonchev–Trinajstić information content (AvgIpc) is 1.62. The normalized spacial score (nSPS) is 16.1. The molecule has 0 spiro atoms. The van der Waals surface area contributed by atoms with Gasteiger partial charge in [0.25, 0.3) is 0 Å². The first-order valence-corrected chi connectivity index (χ1v) is 2.52. The Labute approximate surface area is 48.5 Å². The quantitative estimate of drug-likeness (QED) is 0.542. The highest BCUT2D eigenvalue weighted by atomic mass is 19.1. The molecule has 0 fully saturated rings. The minimum absolute atomic E-state index is 0.497. The van der Waals surface area contributed by atoms with Gasteiger partial charge >= 0.3 is 0 Å². The van der Waals surface area contributed by atoms with Gasteiger partial charge in [-0.3, -0.25) is 0 Å². The number of nitrogens with two attached hydrogens (primary N) is 1. The topological polar surface area (TPSA) is 46.2 Å². The van der Waals surface area contributed by atoms with Gasteiger partial charge in [0, 0.05) is 5.54 Å². The average molecular weight is 121 g/mol.